The third-order valence-corrected chi connectivity index (χ3v) is 3.00. The highest BCUT2D eigenvalue weighted by molar-refractivity contribution is 7.20. The van der Waals surface area contributed by atoms with Crippen LogP contribution in [0.15, 0.2) is 18.3 Å². The number of aromatic nitrogens is 1. The van der Waals surface area contributed by atoms with Crippen molar-refractivity contribution in [2.24, 2.45) is 5.73 Å². The summed E-state index contributed by atoms with van der Waals surface area (Å²) in [5, 5.41) is 1.02. The summed E-state index contributed by atoms with van der Waals surface area (Å²) < 4.78 is 1.06. The van der Waals surface area contributed by atoms with E-state index in [0.717, 1.165) is 15.8 Å². The highest BCUT2D eigenvalue weighted by Crippen LogP contribution is 2.26. The van der Waals surface area contributed by atoms with Crippen LogP contribution >= 0.6 is 11.3 Å². The minimum atomic E-state index is -0.374. The maximum Gasteiger partial charge on any atom is 0.258 e. The summed E-state index contributed by atoms with van der Waals surface area (Å²) in [4.78, 5) is 15.6. The number of nitrogens with zero attached hydrogens (tertiary/aromatic N) is 1. The van der Waals surface area contributed by atoms with Gasteiger partial charge >= 0.3 is 0 Å². The van der Waals surface area contributed by atoms with Crippen LogP contribution in [0.1, 0.15) is 15.4 Å². The lowest BCUT2D eigenvalue weighted by Gasteiger charge is -1.90. The standard InChI is InChI=1S/C9H8N2OS/c1-5-6-4-8(9(10)12)13-7(6)2-3-11-5/h2-4H,1H3,(H2,10,12). The number of carbonyl (C=O) groups excluding carboxylic acids is 1. The number of thiophene rings is 1. The SMILES string of the molecule is Cc1nccc2sc(C(N)=O)cc12. The largest absolute Gasteiger partial charge is 0.365 e. The topological polar surface area (TPSA) is 56.0 Å². The van der Waals surface area contributed by atoms with E-state index >= 15 is 0 Å². The van der Waals surface area contributed by atoms with E-state index in [9.17, 15) is 4.79 Å². The molecule has 4 heteroatoms. The normalized spacial score (nSPS) is 10.5. The summed E-state index contributed by atoms with van der Waals surface area (Å²) in [5.74, 6) is -0.374. The molecule has 0 radical (unpaired) electrons. The zero-order valence-electron chi connectivity index (χ0n) is 7.07. The molecule has 0 aromatic carbocycles. The Morgan fingerprint density at radius 3 is 3.00 bits per heavy atom. The Balaban J connectivity index is 2.75. The monoisotopic (exact) mass is 192 g/mol. The maximum atomic E-state index is 10.9. The first-order valence-corrected chi connectivity index (χ1v) is 4.65. The summed E-state index contributed by atoms with van der Waals surface area (Å²) in [6.45, 7) is 1.92. The number of carbonyl (C=O) groups is 1. The number of hydrogen-bond donors (Lipinski definition) is 1. The third-order valence-electron chi connectivity index (χ3n) is 1.89. The summed E-state index contributed by atoms with van der Waals surface area (Å²) in [6, 6.07) is 3.68. The fraction of sp³-hybridized carbons (Fsp3) is 0.111. The van der Waals surface area contributed by atoms with Crippen molar-refractivity contribution in [3.63, 3.8) is 0 Å². The quantitative estimate of drug-likeness (QED) is 0.747. The Morgan fingerprint density at radius 1 is 1.62 bits per heavy atom. The van der Waals surface area contributed by atoms with Crippen LogP contribution in [0.4, 0.5) is 0 Å². The maximum absolute atomic E-state index is 10.9. The molecule has 2 aromatic heterocycles. The van der Waals surface area contributed by atoms with Gasteiger partial charge in [-0.2, -0.15) is 0 Å². The number of pyridine rings is 1. The van der Waals surface area contributed by atoms with Crippen molar-refractivity contribution >= 4 is 27.3 Å². The van der Waals surface area contributed by atoms with Gasteiger partial charge in [0.15, 0.2) is 0 Å². The second-order valence-electron chi connectivity index (χ2n) is 2.78. The molecule has 0 saturated carbocycles. The minimum absolute atomic E-state index is 0.374. The summed E-state index contributed by atoms with van der Waals surface area (Å²) in [5.41, 5.74) is 6.11. The van der Waals surface area contributed by atoms with Crippen LogP contribution in [0.3, 0.4) is 0 Å². The number of nitrogens with two attached hydrogens (primary N) is 1. The molecule has 0 atom stereocenters. The van der Waals surface area contributed by atoms with E-state index in [1.165, 1.54) is 11.3 Å². The van der Waals surface area contributed by atoms with E-state index in [0.29, 0.717) is 4.88 Å². The summed E-state index contributed by atoms with van der Waals surface area (Å²) >= 11 is 1.40. The highest BCUT2D eigenvalue weighted by Gasteiger charge is 2.07. The van der Waals surface area contributed by atoms with Crippen LogP contribution < -0.4 is 5.73 Å². The minimum Gasteiger partial charge on any atom is -0.365 e. The molecule has 1 amide bonds. The number of primary amides is 1. The molecule has 0 saturated heterocycles. The van der Waals surface area contributed by atoms with E-state index in [4.69, 9.17) is 5.73 Å². The number of fused-ring (bicyclic) bond motifs is 1. The first kappa shape index (κ1) is 8.19. The van der Waals surface area contributed by atoms with E-state index in [-0.39, 0.29) is 5.91 Å². The average molecular weight is 192 g/mol. The van der Waals surface area contributed by atoms with Gasteiger partial charge in [-0.1, -0.05) is 0 Å². The Bertz CT molecular complexity index is 475. The van der Waals surface area contributed by atoms with Crippen molar-refractivity contribution < 1.29 is 4.79 Å². The molecule has 0 bridgehead atoms. The molecule has 2 heterocycles. The van der Waals surface area contributed by atoms with Gasteiger partial charge in [-0.05, 0) is 19.1 Å². The lowest BCUT2D eigenvalue weighted by atomic mass is 10.2. The molecule has 2 aromatic rings. The number of aryl methyl sites for hydroxylation is 1. The van der Waals surface area contributed by atoms with Gasteiger partial charge in [-0.15, -0.1) is 11.3 Å². The molecule has 66 valence electrons. The van der Waals surface area contributed by atoms with Crippen molar-refractivity contribution in [3.8, 4) is 0 Å². The van der Waals surface area contributed by atoms with Crippen LogP contribution in [0.25, 0.3) is 10.1 Å². The average Bonchev–Trinajstić information content (AvgIpc) is 2.49. The molecular weight excluding hydrogens is 184 g/mol. The van der Waals surface area contributed by atoms with Crippen LogP contribution in [0.5, 0.6) is 0 Å². The molecule has 0 spiro atoms. The molecule has 0 fully saturated rings. The molecular formula is C9H8N2OS. The van der Waals surface area contributed by atoms with Crippen LogP contribution in [0.2, 0.25) is 0 Å². The van der Waals surface area contributed by atoms with Crippen molar-refractivity contribution in [1.82, 2.24) is 4.98 Å². The Kier molecular flexibility index (Phi) is 1.77. The van der Waals surface area contributed by atoms with Gasteiger partial charge in [0.2, 0.25) is 0 Å². The second-order valence-corrected chi connectivity index (χ2v) is 3.87. The first-order chi connectivity index (χ1) is 6.18. The predicted molar refractivity (Wildman–Crippen MR) is 52.9 cm³/mol. The van der Waals surface area contributed by atoms with Crippen molar-refractivity contribution in [1.29, 1.82) is 0 Å². The molecule has 0 aliphatic carbocycles. The number of rotatable bonds is 1. The summed E-state index contributed by atoms with van der Waals surface area (Å²) in [7, 11) is 0. The third kappa shape index (κ3) is 1.29. The molecule has 3 nitrogen and oxygen atoms in total. The molecule has 0 unspecified atom stereocenters. The van der Waals surface area contributed by atoms with Gasteiger partial charge in [0.05, 0.1) is 4.88 Å². The highest BCUT2D eigenvalue weighted by atomic mass is 32.1. The van der Waals surface area contributed by atoms with E-state index in [1.54, 1.807) is 12.3 Å². The lowest BCUT2D eigenvalue weighted by Crippen LogP contribution is -2.08. The Hall–Kier alpha value is -1.42. The van der Waals surface area contributed by atoms with Gasteiger partial charge in [-0.3, -0.25) is 9.78 Å². The van der Waals surface area contributed by atoms with Crippen molar-refractivity contribution in [2.75, 3.05) is 0 Å². The first-order valence-electron chi connectivity index (χ1n) is 3.83. The molecule has 2 N–H and O–H groups in total. The second kappa shape index (κ2) is 2.81. The van der Waals surface area contributed by atoms with Crippen LogP contribution in [-0.4, -0.2) is 10.9 Å². The van der Waals surface area contributed by atoms with Crippen LogP contribution in [-0.2, 0) is 0 Å². The predicted octanol–water partition coefficient (Wildman–Crippen LogP) is 1.70. The van der Waals surface area contributed by atoms with E-state index in [2.05, 4.69) is 4.98 Å². The number of hydrogen-bond acceptors (Lipinski definition) is 3. The van der Waals surface area contributed by atoms with Crippen LogP contribution in [0, 0.1) is 6.92 Å². The van der Waals surface area contributed by atoms with Crippen molar-refractivity contribution in [2.45, 2.75) is 6.92 Å². The number of amides is 1. The lowest BCUT2D eigenvalue weighted by molar-refractivity contribution is 0.100. The fourth-order valence-electron chi connectivity index (χ4n) is 1.22. The fourth-order valence-corrected chi connectivity index (χ4v) is 2.18. The van der Waals surface area contributed by atoms with E-state index in [1.807, 2.05) is 13.0 Å². The molecule has 0 aliphatic rings. The van der Waals surface area contributed by atoms with Gasteiger partial charge in [0.25, 0.3) is 5.91 Å². The Morgan fingerprint density at radius 2 is 2.38 bits per heavy atom. The summed E-state index contributed by atoms with van der Waals surface area (Å²) in [6.07, 6.45) is 1.74. The molecule has 2 rings (SSSR count). The zero-order valence-corrected chi connectivity index (χ0v) is 7.89. The molecule has 0 aliphatic heterocycles. The van der Waals surface area contributed by atoms with Gasteiger partial charge in [0, 0.05) is 22.0 Å². The Labute approximate surface area is 79.2 Å². The zero-order chi connectivity index (χ0) is 9.42. The van der Waals surface area contributed by atoms with Gasteiger partial charge < -0.3 is 5.73 Å². The van der Waals surface area contributed by atoms with Gasteiger partial charge in [0.1, 0.15) is 0 Å². The smallest absolute Gasteiger partial charge is 0.258 e. The van der Waals surface area contributed by atoms with E-state index < -0.39 is 0 Å². The van der Waals surface area contributed by atoms with Gasteiger partial charge in [-0.25, -0.2) is 0 Å². The van der Waals surface area contributed by atoms with Crippen molar-refractivity contribution in [3.05, 3.63) is 28.9 Å². The molecule has 13 heavy (non-hydrogen) atoms.